The van der Waals surface area contributed by atoms with E-state index >= 15 is 0 Å². The zero-order valence-corrected chi connectivity index (χ0v) is 15.3. The molecule has 3 rings (SSSR count). The normalized spacial score (nSPS) is 16.4. The second-order valence-corrected chi connectivity index (χ2v) is 6.08. The summed E-state index contributed by atoms with van der Waals surface area (Å²) < 4.78 is 45.4. The molecular weight excluding hydrogens is 383 g/mol. The first kappa shape index (κ1) is 21.3. The van der Waals surface area contributed by atoms with Crippen molar-refractivity contribution >= 4 is 18.3 Å². The molecule has 1 unspecified atom stereocenters. The van der Waals surface area contributed by atoms with Crippen LogP contribution in [0.3, 0.4) is 0 Å². The molecule has 9 heteroatoms. The van der Waals surface area contributed by atoms with Crippen LogP contribution < -0.4 is 10.6 Å². The van der Waals surface area contributed by atoms with E-state index in [0.29, 0.717) is 18.7 Å². The number of benzene rings is 1. The Bertz CT molecular complexity index is 731. The van der Waals surface area contributed by atoms with E-state index in [4.69, 9.17) is 4.42 Å². The van der Waals surface area contributed by atoms with E-state index < -0.39 is 24.7 Å². The molecule has 0 bridgehead atoms. The fourth-order valence-corrected chi connectivity index (χ4v) is 3.05. The van der Waals surface area contributed by atoms with Crippen molar-refractivity contribution in [3.05, 3.63) is 48.4 Å². The molecule has 0 saturated carbocycles. The van der Waals surface area contributed by atoms with E-state index in [1.165, 1.54) is 11.2 Å². The Hall–Kier alpha value is -2.03. The monoisotopic (exact) mass is 403 g/mol. The maximum Gasteiger partial charge on any atom is 0.405 e. The molecule has 0 aliphatic carbocycles. The fourth-order valence-electron chi connectivity index (χ4n) is 3.05. The van der Waals surface area contributed by atoms with Crippen LogP contribution in [0.5, 0.6) is 0 Å². The molecule has 0 spiro atoms. The molecule has 27 heavy (non-hydrogen) atoms. The third-order valence-corrected chi connectivity index (χ3v) is 4.38. The molecule has 2 aromatic rings. The number of nitrogens with one attached hydrogen (secondary N) is 2. The largest absolute Gasteiger partial charge is 0.459 e. The molecule has 1 saturated heterocycles. The summed E-state index contributed by atoms with van der Waals surface area (Å²) in [7, 11) is 0. The van der Waals surface area contributed by atoms with Gasteiger partial charge in [0.15, 0.2) is 5.76 Å². The summed E-state index contributed by atoms with van der Waals surface area (Å²) in [4.78, 5) is 13.8. The van der Waals surface area contributed by atoms with Crippen LogP contribution in [0, 0.1) is 0 Å². The molecule has 1 aliphatic rings. The van der Waals surface area contributed by atoms with Crippen LogP contribution in [0.1, 0.15) is 10.6 Å². The number of carbonyl (C=O) groups is 1. The third kappa shape index (κ3) is 5.24. The molecule has 2 heterocycles. The van der Waals surface area contributed by atoms with Gasteiger partial charge in [-0.3, -0.25) is 9.69 Å². The van der Waals surface area contributed by atoms with Crippen molar-refractivity contribution in [1.82, 2.24) is 15.5 Å². The van der Waals surface area contributed by atoms with E-state index in [1.807, 2.05) is 18.2 Å². The number of rotatable bonds is 5. The number of hydrogen-bond donors (Lipinski definition) is 2. The second kappa shape index (κ2) is 9.25. The van der Waals surface area contributed by atoms with E-state index in [1.54, 1.807) is 18.2 Å². The topological polar surface area (TPSA) is 57.5 Å². The molecule has 5 nitrogen and oxygen atoms in total. The Morgan fingerprint density at radius 1 is 1.19 bits per heavy atom. The van der Waals surface area contributed by atoms with E-state index in [9.17, 15) is 18.0 Å². The first-order chi connectivity index (χ1) is 12.5. The first-order valence-corrected chi connectivity index (χ1v) is 8.39. The van der Waals surface area contributed by atoms with Gasteiger partial charge in [0.25, 0.3) is 5.91 Å². The Morgan fingerprint density at radius 3 is 2.48 bits per heavy atom. The Labute approximate surface area is 161 Å². The lowest BCUT2D eigenvalue weighted by Crippen LogP contribution is -2.57. The Morgan fingerprint density at radius 2 is 1.85 bits per heavy atom. The number of nitrogens with zero attached hydrogens (tertiary/aromatic N) is 1. The zero-order chi connectivity index (χ0) is 18.6. The van der Waals surface area contributed by atoms with Crippen molar-refractivity contribution in [3.8, 4) is 11.1 Å². The standard InChI is InChI=1S/C18H20F3N3O2.ClH/c19-18(20,21)15(24-9-7-22-8-10-24)12-23-17(25)16-14(6-11-26-16)13-4-2-1-3-5-13;/h1-6,11,15,22H,7-10,12H2,(H,23,25);1H. The van der Waals surface area contributed by atoms with Gasteiger partial charge in [0.05, 0.1) is 6.26 Å². The minimum absolute atomic E-state index is 0. The van der Waals surface area contributed by atoms with Gasteiger partial charge in [-0.25, -0.2) is 0 Å². The van der Waals surface area contributed by atoms with Crippen molar-refractivity contribution in [2.45, 2.75) is 12.2 Å². The number of furan rings is 1. The highest BCUT2D eigenvalue weighted by atomic mass is 35.5. The number of amides is 1. The second-order valence-electron chi connectivity index (χ2n) is 6.08. The van der Waals surface area contributed by atoms with Crippen LogP contribution in [0.4, 0.5) is 13.2 Å². The van der Waals surface area contributed by atoms with Crippen molar-refractivity contribution in [3.63, 3.8) is 0 Å². The maximum atomic E-state index is 13.4. The Balaban J connectivity index is 0.00000261. The average molecular weight is 404 g/mol. The average Bonchev–Trinajstić information content (AvgIpc) is 3.12. The van der Waals surface area contributed by atoms with E-state index in [2.05, 4.69) is 10.6 Å². The number of halogens is 4. The predicted octanol–water partition coefficient (Wildman–Crippen LogP) is 2.93. The van der Waals surface area contributed by atoms with Crippen LogP contribution in [-0.4, -0.2) is 55.7 Å². The smallest absolute Gasteiger partial charge is 0.405 e. The highest BCUT2D eigenvalue weighted by molar-refractivity contribution is 5.98. The Kier molecular flexibility index (Phi) is 7.29. The fraction of sp³-hybridized carbons (Fsp3) is 0.389. The van der Waals surface area contributed by atoms with Crippen molar-refractivity contribution in [2.75, 3.05) is 32.7 Å². The minimum Gasteiger partial charge on any atom is -0.459 e. The predicted molar refractivity (Wildman–Crippen MR) is 98.0 cm³/mol. The lowest BCUT2D eigenvalue weighted by Gasteiger charge is -2.35. The summed E-state index contributed by atoms with van der Waals surface area (Å²) in [5, 5.41) is 5.41. The lowest BCUT2D eigenvalue weighted by molar-refractivity contribution is -0.183. The van der Waals surface area contributed by atoms with Gasteiger partial charge in [0.2, 0.25) is 0 Å². The molecular formula is C18H21ClF3N3O2. The molecule has 1 fully saturated rings. The van der Waals surface area contributed by atoms with Gasteiger partial charge in [-0.05, 0) is 11.6 Å². The van der Waals surface area contributed by atoms with E-state index in [0.717, 1.165) is 5.56 Å². The summed E-state index contributed by atoms with van der Waals surface area (Å²) in [5.74, 6) is -0.643. The number of carbonyl (C=O) groups excluding carboxylic acids is 1. The van der Waals surface area contributed by atoms with Gasteiger partial charge >= 0.3 is 6.18 Å². The van der Waals surface area contributed by atoms with Crippen LogP contribution >= 0.6 is 12.4 Å². The molecule has 2 N–H and O–H groups in total. The summed E-state index contributed by atoms with van der Waals surface area (Å²) in [6, 6.07) is 8.99. The van der Waals surface area contributed by atoms with Gasteiger partial charge in [-0.2, -0.15) is 13.2 Å². The molecule has 0 radical (unpaired) electrons. The first-order valence-electron chi connectivity index (χ1n) is 8.39. The summed E-state index contributed by atoms with van der Waals surface area (Å²) in [6.45, 7) is 1.05. The van der Waals surface area contributed by atoms with Crippen LogP contribution in [0.15, 0.2) is 47.1 Å². The van der Waals surface area contributed by atoms with Gasteiger partial charge in [0, 0.05) is 38.3 Å². The van der Waals surface area contributed by atoms with Gasteiger partial charge in [-0.1, -0.05) is 30.3 Å². The lowest BCUT2D eigenvalue weighted by atomic mass is 10.1. The maximum absolute atomic E-state index is 13.4. The van der Waals surface area contributed by atoms with E-state index in [-0.39, 0.29) is 31.3 Å². The molecule has 1 amide bonds. The van der Waals surface area contributed by atoms with Gasteiger partial charge in [0.1, 0.15) is 6.04 Å². The molecule has 1 atom stereocenters. The van der Waals surface area contributed by atoms with Crippen molar-refractivity contribution in [1.29, 1.82) is 0 Å². The van der Waals surface area contributed by atoms with Gasteiger partial charge < -0.3 is 15.1 Å². The van der Waals surface area contributed by atoms with Crippen LogP contribution in [0.25, 0.3) is 11.1 Å². The van der Waals surface area contributed by atoms with Gasteiger partial charge in [-0.15, -0.1) is 12.4 Å². The molecule has 148 valence electrons. The summed E-state index contributed by atoms with van der Waals surface area (Å²) in [6.07, 6.45) is -3.06. The van der Waals surface area contributed by atoms with Crippen LogP contribution in [-0.2, 0) is 0 Å². The highest BCUT2D eigenvalue weighted by Gasteiger charge is 2.44. The quantitative estimate of drug-likeness (QED) is 0.806. The molecule has 1 aromatic heterocycles. The summed E-state index contributed by atoms with van der Waals surface area (Å²) >= 11 is 0. The van der Waals surface area contributed by atoms with Crippen LogP contribution in [0.2, 0.25) is 0 Å². The molecule has 1 aliphatic heterocycles. The third-order valence-electron chi connectivity index (χ3n) is 4.38. The summed E-state index contributed by atoms with van der Waals surface area (Å²) in [5.41, 5.74) is 1.31. The number of piperazine rings is 1. The minimum atomic E-state index is -4.42. The number of hydrogen-bond acceptors (Lipinski definition) is 4. The molecule has 1 aromatic carbocycles. The highest BCUT2D eigenvalue weighted by Crippen LogP contribution is 2.26. The van der Waals surface area contributed by atoms with Crippen molar-refractivity contribution < 1.29 is 22.4 Å². The number of alkyl halides is 3. The SMILES string of the molecule is Cl.O=C(NCC(N1CCNCC1)C(F)(F)F)c1occc1-c1ccccc1. The zero-order valence-electron chi connectivity index (χ0n) is 14.5. The van der Waals surface area contributed by atoms with Crippen molar-refractivity contribution in [2.24, 2.45) is 0 Å².